The largest absolute Gasteiger partial charge is 0.417 e. The zero-order valence-electron chi connectivity index (χ0n) is 16.4. The number of carbonyl (C=O) groups is 2. The Kier molecular flexibility index (Phi) is 6.92. The molecular formula is C23H23F3N2O2. The minimum Gasteiger partial charge on any atom is -0.341 e. The zero-order chi connectivity index (χ0) is 21.6. The topological polar surface area (TPSA) is 49.4 Å². The maximum Gasteiger partial charge on any atom is 0.417 e. The lowest BCUT2D eigenvalue weighted by atomic mass is 10.0. The molecule has 1 saturated heterocycles. The highest BCUT2D eigenvalue weighted by molar-refractivity contribution is 5.98. The number of carbonyl (C=O) groups excluding carboxylic acids is 2. The molecule has 3 rings (SSSR count). The number of nitrogens with one attached hydrogen (secondary N) is 1. The molecule has 0 saturated carbocycles. The van der Waals surface area contributed by atoms with Crippen molar-refractivity contribution in [2.45, 2.75) is 31.5 Å². The average molecular weight is 416 g/mol. The normalized spacial score (nSPS) is 15.7. The van der Waals surface area contributed by atoms with Crippen molar-refractivity contribution in [3.05, 3.63) is 77.9 Å². The molecule has 1 N–H and O–H groups in total. The first-order valence-corrected chi connectivity index (χ1v) is 9.82. The fraction of sp³-hybridized carbons (Fsp3) is 0.304. The Morgan fingerprint density at radius 1 is 0.967 bits per heavy atom. The van der Waals surface area contributed by atoms with Gasteiger partial charge in [-0.2, -0.15) is 13.2 Å². The van der Waals surface area contributed by atoms with E-state index in [4.69, 9.17) is 0 Å². The summed E-state index contributed by atoms with van der Waals surface area (Å²) in [4.78, 5) is 27.1. The molecule has 1 unspecified atom stereocenters. The minimum atomic E-state index is -4.70. The van der Waals surface area contributed by atoms with Gasteiger partial charge in [0.05, 0.1) is 5.57 Å². The SMILES string of the molecule is O=C(/C=C(\c1ccccc1)C(F)(F)F)NC(Cc1ccccc1)C(=O)N1CCCC1. The summed E-state index contributed by atoms with van der Waals surface area (Å²) in [5.74, 6) is -1.22. The molecular weight excluding hydrogens is 393 g/mol. The quantitative estimate of drug-likeness (QED) is 0.725. The number of nitrogens with zero attached hydrogens (tertiary/aromatic N) is 1. The van der Waals surface area contributed by atoms with Crippen molar-refractivity contribution in [3.8, 4) is 0 Å². The molecule has 1 aliphatic heterocycles. The maximum atomic E-state index is 13.5. The summed E-state index contributed by atoms with van der Waals surface area (Å²) in [5.41, 5.74) is -0.336. The van der Waals surface area contributed by atoms with Gasteiger partial charge in [0.1, 0.15) is 6.04 Å². The highest BCUT2D eigenvalue weighted by Crippen LogP contribution is 2.33. The van der Waals surface area contributed by atoms with Crippen LogP contribution in [0.1, 0.15) is 24.0 Å². The van der Waals surface area contributed by atoms with Crippen molar-refractivity contribution in [1.29, 1.82) is 0 Å². The van der Waals surface area contributed by atoms with E-state index in [1.54, 1.807) is 11.0 Å². The van der Waals surface area contributed by atoms with E-state index < -0.39 is 23.7 Å². The van der Waals surface area contributed by atoms with Gasteiger partial charge >= 0.3 is 6.18 Å². The Morgan fingerprint density at radius 2 is 1.53 bits per heavy atom. The average Bonchev–Trinajstić information content (AvgIpc) is 3.26. The molecule has 0 aliphatic carbocycles. The van der Waals surface area contributed by atoms with E-state index in [0.29, 0.717) is 19.2 Å². The number of amides is 2. The Balaban J connectivity index is 1.83. The number of benzene rings is 2. The molecule has 1 fully saturated rings. The van der Waals surface area contributed by atoms with Gasteiger partial charge in [-0.1, -0.05) is 60.7 Å². The lowest BCUT2D eigenvalue weighted by Crippen LogP contribution is -2.48. The third-order valence-electron chi connectivity index (χ3n) is 4.98. The van der Waals surface area contributed by atoms with Crippen LogP contribution in [0.15, 0.2) is 66.7 Å². The van der Waals surface area contributed by atoms with Crippen LogP contribution in [0.25, 0.3) is 5.57 Å². The molecule has 2 aromatic carbocycles. The number of alkyl halides is 3. The number of allylic oxidation sites excluding steroid dienone is 1. The van der Waals surface area contributed by atoms with E-state index in [9.17, 15) is 22.8 Å². The number of hydrogen-bond acceptors (Lipinski definition) is 2. The fourth-order valence-electron chi connectivity index (χ4n) is 3.50. The smallest absolute Gasteiger partial charge is 0.341 e. The maximum absolute atomic E-state index is 13.5. The van der Waals surface area contributed by atoms with E-state index in [-0.39, 0.29) is 17.9 Å². The fourth-order valence-corrected chi connectivity index (χ4v) is 3.50. The molecule has 0 aromatic heterocycles. The summed E-state index contributed by atoms with van der Waals surface area (Å²) in [6.07, 6.45) is -2.20. The van der Waals surface area contributed by atoms with Crippen molar-refractivity contribution in [2.24, 2.45) is 0 Å². The van der Waals surface area contributed by atoms with Crippen molar-refractivity contribution in [1.82, 2.24) is 10.2 Å². The van der Waals surface area contributed by atoms with Crippen LogP contribution >= 0.6 is 0 Å². The molecule has 0 spiro atoms. The summed E-state index contributed by atoms with van der Waals surface area (Å²) in [5, 5.41) is 2.51. The number of rotatable bonds is 6. The Morgan fingerprint density at radius 3 is 2.10 bits per heavy atom. The lowest BCUT2D eigenvalue weighted by molar-refractivity contribution is -0.134. The molecule has 0 bridgehead atoms. The van der Waals surface area contributed by atoms with Crippen LogP contribution in [0.3, 0.4) is 0 Å². The molecule has 158 valence electrons. The number of halogens is 3. The molecule has 1 atom stereocenters. The molecule has 1 aliphatic rings. The van der Waals surface area contributed by atoms with Crippen molar-refractivity contribution in [2.75, 3.05) is 13.1 Å². The van der Waals surface area contributed by atoms with Crippen LogP contribution in [0, 0.1) is 0 Å². The predicted octanol–water partition coefficient (Wildman–Crippen LogP) is 3.98. The van der Waals surface area contributed by atoms with Gasteiger partial charge in [-0.15, -0.1) is 0 Å². The lowest BCUT2D eigenvalue weighted by Gasteiger charge is -2.24. The molecule has 1 heterocycles. The number of hydrogen-bond donors (Lipinski definition) is 1. The van der Waals surface area contributed by atoms with Crippen LogP contribution < -0.4 is 5.32 Å². The van der Waals surface area contributed by atoms with E-state index >= 15 is 0 Å². The van der Waals surface area contributed by atoms with Gasteiger partial charge in [0, 0.05) is 25.6 Å². The first-order valence-electron chi connectivity index (χ1n) is 9.82. The summed E-state index contributed by atoms with van der Waals surface area (Å²) < 4.78 is 40.6. The first kappa shape index (κ1) is 21.6. The highest BCUT2D eigenvalue weighted by atomic mass is 19.4. The Hall–Kier alpha value is -3.09. The Labute approximate surface area is 173 Å². The van der Waals surface area contributed by atoms with Crippen LogP contribution in [-0.4, -0.2) is 42.0 Å². The first-order chi connectivity index (χ1) is 14.3. The zero-order valence-corrected chi connectivity index (χ0v) is 16.4. The second-order valence-electron chi connectivity index (χ2n) is 7.21. The van der Waals surface area contributed by atoms with Gasteiger partial charge in [0.2, 0.25) is 11.8 Å². The molecule has 4 nitrogen and oxygen atoms in total. The summed E-state index contributed by atoms with van der Waals surface area (Å²) >= 11 is 0. The van der Waals surface area contributed by atoms with E-state index in [1.165, 1.54) is 24.3 Å². The van der Waals surface area contributed by atoms with Crippen molar-refractivity contribution in [3.63, 3.8) is 0 Å². The molecule has 7 heteroatoms. The van der Waals surface area contributed by atoms with Gasteiger partial charge < -0.3 is 10.2 Å². The van der Waals surface area contributed by atoms with Crippen molar-refractivity contribution >= 4 is 17.4 Å². The molecule has 0 radical (unpaired) electrons. The van der Waals surface area contributed by atoms with Crippen LogP contribution in [0.5, 0.6) is 0 Å². The van der Waals surface area contributed by atoms with E-state index in [1.807, 2.05) is 30.3 Å². The molecule has 30 heavy (non-hydrogen) atoms. The van der Waals surface area contributed by atoms with Gasteiger partial charge in [0.25, 0.3) is 0 Å². The molecule has 2 amide bonds. The standard InChI is InChI=1S/C23H23F3N2O2/c24-23(25,26)19(18-11-5-2-6-12-18)16-21(29)27-20(15-17-9-3-1-4-10-17)22(30)28-13-7-8-14-28/h1-6,9-12,16,20H,7-8,13-15H2,(H,27,29)/b19-16+. The Bertz CT molecular complexity index is 890. The summed E-state index contributed by atoms with van der Waals surface area (Å²) in [6, 6.07) is 15.3. The summed E-state index contributed by atoms with van der Waals surface area (Å²) in [6.45, 7) is 1.18. The van der Waals surface area contributed by atoms with Gasteiger partial charge in [0.15, 0.2) is 0 Å². The number of likely N-dealkylation sites (tertiary alicyclic amines) is 1. The third kappa shape index (κ3) is 5.72. The summed E-state index contributed by atoms with van der Waals surface area (Å²) in [7, 11) is 0. The van der Waals surface area contributed by atoms with E-state index in [2.05, 4.69) is 5.32 Å². The predicted molar refractivity (Wildman–Crippen MR) is 108 cm³/mol. The third-order valence-corrected chi connectivity index (χ3v) is 4.98. The van der Waals surface area contributed by atoms with Gasteiger partial charge in [-0.25, -0.2) is 0 Å². The molecule has 2 aromatic rings. The second kappa shape index (κ2) is 9.61. The van der Waals surface area contributed by atoms with Crippen LogP contribution in [0.4, 0.5) is 13.2 Å². The minimum absolute atomic E-state index is 0.106. The van der Waals surface area contributed by atoms with Gasteiger partial charge in [-0.05, 0) is 24.0 Å². The van der Waals surface area contributed by atoms with Crippen LogP contribution in [0.2, 0.25) is 0 Å². The monoisotopic (exact) mass is 416 g/mol. The van der Waals surface area contributed by atoms with Gasteiger partial charge in [-0.3, -0.25) is 9.59 Å². The highest BCUT2D eigenvalue weighted by Gasteiger charge is 2.36. The van der Waals surface area contributed by atoms with Crippen molar-refractivity contribution < 1.29 is 22.8 Å². The van der Waals surface area contributed by atoms with Crippen LogP contribution in [-0.2, 0) is 16.0 Å². The second-order valence-corrected chi connectivity index (χ2v) is 7.21. The van der Waals surface area contributed by atoms with E-state index in [0.717, 1.165) is 18.4 Å².